The molecule has 1 aromatic heterocycles. The minimum Gasteiger partial charge on any atom is -0.444 e. The second-order valence-corrected chi connectivity index (χ2v) is 4.01. The molecule has 0 unspecified atom stereocenters. The van der Waals surface area contributed by atoms with E-state index in [0.29, 0.717) is 38.7 Å². The van der Waals surface area contributed by atoms with Crippen LogP contribution in [0.25, 0.3) is 0 Å². The summed E-state index contributed by atoms with van der Waals surface area (Å²) in [5, 5.41) is 2.78. The van der Waals surface area contributed by atoms with Crippen molar-refractivity contribution in [3.8, 4) is 0 Å². The SMILES string of the molecule is Cc1nc(CNC(=O)N2CCOCC2)oc1C. The Morgan fingerprint density at radius 1 is 1.41 bits per heavy atom. The van der Waals surface area contributed by atoms with Crippen LogP contribution in [0.15, 0.2) is 4.42 Å². The average Bonchev–Trinajstić information content (AvgIpc) is 2.67. The van der Waals surface area contributed by atoms with Gasteiger partial charge in [0.05, 0.1) is 25.5 Å². The molecule has 1 fully saturated rings. The predicted molar refractivity (Wildman–Crippen MR) is 60.6 cm³/mol. The molecule has 2 rings (SSSR count). The van der Waals surface area contributed by atoms with Crippen LogP contribution in [0.2, 0.25) is 0 Å². The van der Waals surface area contributed by atoms with Gasteiger partial charge in [-0.05, 0) is 13.8 Å². The average molecular weight is 239 g/mol. The molecule has 0 spiro atoms. The third-order valence-electron chi connectivity index (χ3n) is 2.76. The molecule has 1 aromatic rings. The van der Waals surface area contributed by atoms with Crippen molar-refractivity contribution in [3.63, 3.8) is 0 Å². The van der Waals surface area contributed by atoms with Gasteiger partial charge in [0.1, 0.15) is 5.76 Å². The lowest BCUT2D eigenvalue weighted by Gasteiger charge is -2.26. The molecular formula is C11H17N3O3. The van der Waals surface area contributed by atoms with Crippen LogP contribution in [0, 0.1) is 13.8 Å². The Hall–Kier alpha value is -1.56. The molecule has 0 saturated carbocycles. The van der Waals surface area contributed by atoms with E-state index >= 15 is 0 Å². The maximum absolute atomic E-state index is 11.8. The van der Waals surface area contributed by atoms with Gasteiger partial charge >= 0.3 is 6.03 Å². The van der Waals surface area contributed by atoms with Crippen LogP contribution < -0.4 is 5.32 Å². The Balaban J connectivity index is 1.83. The van der Waals surface area contributed by atoms with E-state index in [1.54, 1.807) is 4.90 Å². The van der Waals surface area contributed by atoms with E-state index < -0.39 is 0 Å². The molecule has 0 aromatic carbocycles. The zero-order valence-corrected chi connectivity index (χ0v) is 10.2. The normalized spacial score (nSPS) is 16.0. The lowest BCUT2D eigenvalue weighted by molar-refractivity contribution is 0.0530. The maximum Gasteiger partial charge on any atom is 0.317 e. The van der Waals surface area contributed by atoms with Crippen LogP contribution in [-0.4, -0.2) is 42.2 Å². The fraction of sp³-hybridized carbons (Fsp3) is 0.636. The molecular weight excluding hydrogens is 222 g/mol. The van der Waals surface area contributed by atoms with Gasteiger partial charge in [0.2, 0.25) is 5.89 Å². The minimum absolute atomic E-state index is 0.0955. The van der Waals surface area contributed by atoms with Crippen LogP contribution >= 0.6 is 0 Å². The van der Waals surface area contributed by atoms with Gasteiger partial charge in [-0.15, -0.1) is 0 Å². The molecule has 6 nitrogen and oxygen atoms in total. The summed E-state index contributed by atoms with van der Waals surface area (Å²) < 4.78 is 10.6. The summed E-state index contributed by atoms with van der Waals surface area (Å²) in [6.45, 7) is 6.53. The molecule has 6 heteroatoms. The number of urea groups is 1. The van der Waals surface area contributed by atoms with E-state index in [-0.39, 0.29) is 6.03 Å². The van der Waals surface area contributed by atoms with Crippen LogP contribution in [0.3, 0.4) is 0 Å². The Labute approximate surface area is 99.9 Å². The van der Waals surface area contributed by atoms with Gasteiger partial charge in [0.25, 0.3) is 0 Å². The van der Waals surface area contributed by atoms with E-state index in [4.69, 9.17) is 9.15 Å². The molecule has 1 saturated heterocycles. The molecule has 0 radical (unpaired) electrons. The van der Waals surface area contributed by atoms with E-state index in [0.717, 1.165) is 11.5 Å². The first-order valence-electron chi connectivity index (χ1n) is 5.70. The van der Waals surface area contributed by atoms with Gasteiger partial charge in [0.15, 0.2) is 0 Å². The van der Waals surface area contributed by atoms with Crippen molar-refractivity contribution in [2.24, 2.45) is 0 Å². The molecule has 17 heavy (non-hydrogen) atoms. The molecule has 2 heterocycles. The molecule has 2 amide bonds. The summed E-state index contributed by atoms with van der Waals surface area (Å²) in [6, 6.07) is -0.0955. The molecule has 1 N–H and O–H groups in total. The largest absolute Gasteiger partial charge is 0.444 e. The van der Waals surface area contributed by atoms with Crippen molar-refractivity contribution in [1.82, 2.24) is 15.2 Å². The molecule has 1 aliphatic heterocycles. The second-order valence-electron chi connectivity index (χ2n) is 4.01. The molecule has 0 aliphatic carbocycles. The zero-order valence-electron chi connectivity index (χ0n) is 10.2. The lowest BCUT2D eigenvalue weighted by atomic mass is 10.4. The summed E-state index contributed by atoms with van der Waals surface area (Å²) in [6.07, 6.45) is 0. The van der Waals surface area contributed by atoms with E-state index in [9.17, 15) is 4.79 Å². The standard InChI is InChI=1S/C11H17N3O3/c1-8-9(2)17-10(13-8)7-12-11(15)14-3-5-16-6-4-14/h3-7H2,1-2H3,(H,12,15). The summed E-state index contributed by atoms with van der Waals surface area (Å²) in [7, 11) is 0. The number of nitrogens with one attached hydrogen (secondary N) is 1. The molecule has 0 bridgehead atoms. The highest BCUT2D eigenvalue weighted by molar-refractivity contribution is 5.74. The van der Waals surface area contributed by atoms with Crippen LogP contribution in [0.5, 0.6) is 0 Å². The third kappa shape index (κ3) is 2.97. The Morgan fingerprint density at radius 3 is 2.71 bits per heavy atom. The second kappa shape index (κ2) is 5.18. The summed E-state index contributed by atoms with van der Waals surface area (Å²) in [5.74, 6) is 1.34. The number of oxazole rings is 1. The topological polar surface area (TPSA) is 67.6 Å². The van der Waals surface area contributed by atoms with Crippen molar-refractivity contribution in [2.75, 3.05) is 26.3 Å². The number of aromatic nitrogens is 1. The van der Waals surface area contributed by atoms with E-state index in [1.165, 1.54) is 0 Å². The smallest absolute Gasteiger partial charge is 0.317 e. The Morgan fingerprint density at radius 2 is 2.12 bits per heavy atom. The quantitative estimate of drug-likeness (QED) is 0.830. The van der Waals surface area contributed by atoms with Crippen molar-refractivity contribution in [2.45, 2.75) is 20.4 Å². The van der Waals surface area contributed by atoms with Crippen molar-refractivity contribution >= 4 is 6.03 Å². The first-order valence-corrected chi connectivity index (χ1v) is 5.70. The first-order chi connectivity index (χ1) is 8.16. The van der Waals surface area contributed by atoms with Gasteiger partial charge < -0.3 is 19.4 Å². The molecule has 1 aliphatic rings. The highest BCUT2D eigenvalue weighted by atomic mass is 16.5. The number of carbonyl (C=O) groups is 1. The number of amides is 2. The number of nitrogens with zero attached hydrogens (tertiary/aromatic N) is 2. The number of aryl methyl sites for hydroxylation is 2. The number of hydrogen-bond acceptors (Lipinski definition) is 4. The van der Waals surface area contributed by atoms with Crippen molar-refractivity contribution in [3.05, 3.63) is 17.3 Å². The number of carbonyl (C=O) groups excluding carboxylic acids is 1. The van der Waals surface area contributed by atoms with Gasteiger partial charge in [-0.25, -0.2) is 9.78 Å². The molecule has 94 valence electrons. The number of morpholine rings is 1. The van der Waals surface area contributed by atoms with Crippen LogP contribution in [0.1, 0.15) is 17.3 Å². The highest BCUT2D eigenvalue weighted by Crippen LogP contribution is 2.08. The Kier molecular flexibility index (Phi) is 3.63. The lowest BCUT2D eigenvalue weighted by Crippen LogP contribution is -2.45. The monoisotopic (exact) mass is 239 g/mol. The number of rotatable bonds is 2. The van der Waals surface area contributed by atoms with Crippen LogP contribution in [0.4, 0.5) is 4.79 Å². The van der Waals surface area contributed by atoms with Gasteiger partial charge in [-0.3, -0.25) is 0 Å². The maximum atomic E-state index is 11.8. The van der Waals surface area contributed by atoms with Gasteiger partial charge in [-0.2, -0.15) is 0 Å². The van der Waals surface area contributed by atoms with Gasteiger partial charge in [-0.1, -0.05) is 0 Å². The van der Waals surface area contributed by atoms with E-state index in [1.807, 2.05) is 13.8 Å². The number of ether oxygens (including phenoxy) is 1. The number of hydrogen-bond donors (Lipinski definition) is 1. The minimum atomic E-state index is -0.0955. The van der Waals surface area contributed by atoms with Gasteiger partial charge in [0, 0.05) is 13.1 Å². The third-order valence-corrected chi connectivity index (χ3v) is 2.76. The first kappa shape index (κ1) is 11.9. The summed E-state index contributed by atoms with van der Waals surface area (Å²) in [4.78, 5) is 17.7. The summed E-state index contributed by atoms with van der Waals surface area (Å²) >= 11 is 0. The predicted octanol–water partition coefficient (Wildman–Crippen LogP) is 0.833. The zero-order chi connectivity index (χ0) is 12.3. The Bertz CT molecular complexity index is 377. The van der Waals surface area contributed by atoms with Crippen LogP contribution in [-0.2, 0) is 11.3 Å². The summed E-state index contributed by atoms with van der Waals surface area (Å²) in [5.41, 5.74) is 0.862. The van der Waals surface area contributed by atoms with E-state index in [2.05, 4.69) is 10.3 Å². The highest BCUT2D eigenvalue weighted by Gasteiger charge is 2.17. The fourth-order valence-electron chi connectivity index (χ4n) is 1.64. The van der Waals surface area contributed by atoms with Crippen molar-refractivity contribution in [1.29, 1.82) is 0 Å². The van der Waals surface area contributed by atoms with Crippen molar-refractivity contribution < 1.29 is 13.9 Å². The fourth-order valence-corrected chi connectivity index (χ4v) is 1.64. The molecule has 0 atom stereocenters.